The Morgan fingerprint density at radius 2 is 0.959 bits per heavy atom. The summed E-state index contributed by atoms with van der Waals surface area (Å²) in [5, 5.41) is 7.72. The maximum Gasteiger partial charge on any atom is 0.0714 e. The van der Waals surface area contributed by atoms with Crippen LogP contribution in [0.5, 0.6) is 0 Å². The summed E-state index contributed by atoms with van der Waals surface area (Å²) in [5.74, 6) is 0. The Morgan fingerprint density at radius 1 is 0.408 bits per heavy atom. The summed E-state index contributed by atoms with van der Waals surface area (Å²) in [7, 11) is 0. The topological polar surface area (TPSA) is 3.24 Å². The van der Waals surface area contributed by atoms with E-state index in [1.807, 2.05) is 0 Å². The average Bonchev–Trinajstić information content (AvgIpc) is 3.46. The minimum Gasteiger partial charge on any atom is -0.310 e. The third-order valence-corrected chi connectivity index (χ3v) is 10.7. The molecule has 0 saturated heterocycles. The molecule has 0 radical (unpaired) electrons. The Morgan fingerprint density at radius 3 is 1.67 bits per heavy atom. The summed E-state index contributed by atoms with van der Waals surface area (Å²) in [4.78, 5) is 2.45. The molecule has 10 rings (SSSR count). The molecule has 0 unspecified atom stereocenters. The molecule has 0 fully saturated rings. The van der Waals surface area contributed by atoms with E-state index in [0.29, 0.717) is 0 Å². The van der Waals surface area contributed by atoms with Gasteiger partial charge in [-0.2, -0.15) is 0 Å². The van der Waals surface area contributed by atoms with Crippen LogP contribution in [0.1, 0.15) is 27.8 Å². The van der Waals surface area contributed by atoms with E-state index in [4.69, 9.17) is 0 Å². The molecule has 49 heavy (non-hydrogen) atoms. The Bertz CT molecular complexity index is 2620. The van der Waals surface area contributed by atoms with Gasteiger partial charge in [0.15, 0.2) is 0 Å². The number of benzene rings is 9. The minimum absolute atomic E-state index is 0.472. The first kappa shape index (κ1) is 27.9. The molecule has 1 nitrogen and oxygen atoms in total. The number of hydrogen-bond donors (Lipinski definition) is 0. The fourth-order valence-electron chi connectivity index (χ4n) is 8.70. The average molecular weight is 624 g/mol. The van der Waals surface area contributed by atoms with Gasteiger partial charge in [0.2, 0.25) is 0 Å². The predicted molar refractivity (Wildman–Crippen MR) is 207 cm³/mol. The molecule has 0 atom stereocenters. The lowest BCUT2D eigenvalue weighted by Gasteiger charge is -2.35. The standard InChI is InChI=1S/C48H33N/c1-32-12-9-15-36(30-32)48(43-22-7-5-20-40(43)41-21-6-8-23-44(41)48)37-16-11-19-39(31-37)49(38-17-3-2-4-18-38)45-29-27-35-25-24-33-13-10-14-34-26-28-42(45)47(35)46(33)34/h2-31H,1H3. The van der Waals surface area contributed by atoms with Crippen LogP contribution in [0.15, 0.2) is 182 Å². The van der Waals surface area contributed by atoms with Crippen molar-refractivity contribution >= 4 is 49.4 Å². The van der Waals surface area contributed by atoms with Gasteiger partial charge >= 0.3 is 0 Å². The lowest BCUT2D eigenvalue weighted by atomic mass is 9.67. The third-order valence-electron chi connectivity index (χ3n) is 10.7. The van der Waals surface area contributed by atoms with Crippen LogP contribution in [-0.4, -0.2) is 0 Å². The minimum atomic E-state index is -0.472. The van der Waals surface area contributed by atoms with Crippen molar-refractivity contribution in [2.45, 2.75) is 12.3 Å². The highest BCUT2D eigenvalue weighted by atomic mass is 15.1. The molecule has 0 spiro atoms. The van der Waals surface area contributed by atoms with Crippen molar-refractivity contribution in [2.75, 3.05) is 4.90 Å². The van der Waals surface area contributed by atoms with Crippen LogP contribution in [0.3, 0.4) is 0 Å². The van der Waals surface area contributed by atoms with Crippen LogP contribution >= 0.6 is 0 Å². The Labute approximate surface area is 286 Å². The van der Waals surface area contributed by atoms with E-state index in [0.717, 1.165) is 11.4 Å². The summed E-state index contributed by atoms with van der Waals surface area (Å²) < 4.78 is 0. The molecule has 0 aromatic heterocycles. The Balaban J connectivity index is 1.27. The van der Waals surface area contributed by atoms with E-state index in [2.05, 4.69) is 194 Å². The van der Waals surface area contributed by atoms with Crippen molar-refractivity contribution in [1.29, 1.82) is 0 Å². The van der Waals surface area contributed by atoms with Crippen LogP contribution in [0.2, 0.25) is 0 Å². The fourth-order valence-corrected chi connectivity index (χ4v) is 8.70. The van der Waals surface area contributed by atoms with Crippen LogP contribution in [0.4, 0.5) is 17.1 Å². The highest BCUT2D eigenvalue weighted by molar-refractivity contribution is 6.25. The van der Waals surface area contributed by atoms with Gasteiger partial charge in [-0.25, -0.2) is 0 Å². The van der Waals surface area contributed by atoms with E-state index >= 15 is 0 Å². The largest absolute Gasteiger partial charge is 0.310 e. The number of nitrogens with zero attached hydrogens (tertiary/aromatic N) is 1. The Hall–Kier alpha value is -6.18. The van der Waals surface area contributed by atoms with Crippen molar-refractivity contribution < 1.29 is 0 Å². The van der Waals surface area contributed by atoms with Gasteiger partial charge < -0.3 is 4.90 Å². The smallest absolute Gasteiger partial charge is 0.0714 e. The van der Waals surface area contributed by atoms with Crippen molar-refractivity contribution in [2.24, 2.45) is 0 Å². The molecule has 0 aliphatic heterocycles. The van der Waals surface area contributed by atoms with Gasteiger partial charge in [0.25, 0.3) is 0 Å². The first-order valence-electron chi connectivity index (χ1n) is 17.1. The molecule has 0 N–H and O–H groups in total. The van der Waals surface area contributed by atoms with Crippen LogP contribution in [0.25, 0.3) is 43.4 Å². The van der Waals surface area contributed by atoms with Crippen LogP contribution in [-0.2, 0) is 5.41 Å². The zero-order valence-corrected chi connectivity index (χ0v) is 27.3. The second-order valence-electron chi connectivity index (χ2n) is 13.4. The summed E-state index contributed by atoms with van der Waals surface area (Å²) in [5.41, 5.74) is 12.0. The van der Waals surface area contributed by atoms with Crippen LogP contribution < -0.4 is 4.90 Å². The molecule has 1 heteroatoms. The van der Waals surface area contributed by atoms with E-state index in [1.54, 1.807) is 0 Å². The molecule has 0 saturated carbocycles. The number of para-hydroxylation sites is 1. The summed E-state index contributed by atoms with van der Waals surface area (Å²) in [6.07, 6.45) is 0. The quantitative estimate of drug-likeness (QED) is 0.172. The van der Waals surface area contributed by atoms with Gasteiger partial charge in [-0.1, -0.05) is 157 Å². The zero-order chi connectivity index (χ0) is 32.5. The lowest BCUT2D eigenvalue weighted by molar-refractivity contribution is 0.767. The van der Waals surface area contributed by atoms with Gasteiger partial charge in [-0.15, -0.1) is 0 Å². The number of rotatable bonds is 5. The summed E-state index contributed by atoms with van der Waals surface area (Å²) in [6, 6.07) is 67.5. The predicted octanol–water partition coefficient (Wildman–Crippen LogP) is 12.7. The zero-order valence-electron chi connectivity index (χ0n) is 27.3. The summed E-state index contributed by atoms with van der Waals surface area (Å²) >= 11 is 0. The van der Waals surface area contributed by atoms with E-state index in [-0.39, 0.29) is 0 Å². The first-order valence-corrected chi connectivity index (χ1v) is 17.1. The van der Waals surface area contributed by atoms with Gasteiger partial charge in [-0.05, 0) is 97.6 Å². The maximum atomic E-state index is 2.45. The second-order valence-corrected chi connectivity index (χ2v) is 13.4. The molecule has 0 heterocycles. The van der Waals surface area contributed by atoms with E-state index in [1.165, 1.54) is 76.9 Å². The van der Waals surface area contributed by atoms with Crippen molar-refractivity contribution in [1.82, 2.24) is 0 Å². The van der Waals surface area contributed by atoms with Crippen molar-refractivity contribution in [3.05, 3.63) is 210 Å². The fraction of sp³-hybridized carbons (Fsp3) is 0.0417. The normalized spacial score (nSPS) is 13.2. The molecule has 1 aliphatic rings. The maximum absolute atomic E-state index is 2.45. The molecular weight excluding hydrogens is 591 g/mol. The monoisotopic (exact) mass is 623 g/mol. The second kappa shape index (κ2) is 10.7. The van der Waals surface area contributed by atoms with Gasteiger partial charge in [0.05, 0.1) is 11.1 Å². The number of aryl methyl sites for hydroxylation is 1. The highest BCUT2D eigenvalue weighted by Crippen LogP contribution is 2.57. The van der Waals surface area contributed by atoms with E-state index in [9.17, 15) is 0 Å². The first-order chi connectivity index (χ1) is 24.2. The highest BCUT2D eigenvalue weighted by Gasteiger charge is 2.46. The Kier molecular flexibility index (Phi) is 6.07. The van der Waals surface area contributed by atoms with Gasteiger partial charge in [0.1, 0.15) is 0 Å². The molecule has 1 aliphatic carbocycles. The number of hydrogen-bond acceptors (Lipinski definition) is 1. The van der Waals surface area contributed by atoms with Gasteiger partial charge in [-0.3, -0.25) is 0 Å². The molecule has 230 valence electrons. The molecule has 9 aromatic rings. The van der Waals surface area contributed by atoms with Crippen molar-refractivity contribution in [3.63, 3.8) is 0 Å². The molecule has 9 aromatic carbocycles. The number of fused-ring (bicyclic) bond motifs is 3. The lowest BCUT2D eigenvalue weighted by Crippen LogP contribution is -2.29. The SMILES string of the molecule is Cc1cccc(C2(c3cccc(N(c4ccccc4)c4ccc5ccc6cccc7ccc4c5c67)c3)c3ccccc3-c3ccccc32)c1. The summed E-state index contributed by atoms with van der Waals surface area (Å²) in [6.45, 7) is 2.20. The number of anilines is 3. The van der Waals surface area contributed by atoms with Gasteiger partial charge in [0, 0.05) is 16.8 Å². The molecular formula is C48H33N. The molecule has 0 amide bonds. The van der Waals surface area contributed by atoms with Crippen molar-refractivity contribution in [3.8, 4) is 11.1 Å². The molecule has 0 bridgehead atoms. The third kappa shape index (κ3) is 4.00. The van der Waals surface area contributed by atoms with Crippen LogP contribution in [0, 0.1) is 6.92 Å². The van der Waals surface area contributed by atoms with E-state index < -0.39 is 5.41 Å².